The van der Waals surface area contributed by atoms with Gasteiger partial charge in [-0.15, -0.1) is 0 Å². The fourth-order valence-corrected chi connectivity index (χ4v) is 6.07. The van der Waals surface area contributed by atoms with Crippen molar-refractivity contribution in [3.8, 4) is 5.75 Å². The number of hydrogen-bond donors (Lipinski definition) is 2. The first-order valence-electron chi connectivity index (χ1n) is 11.4. The molecule has 1 amide bonds. The van der Waals surface area contributed by atoms with Crippen LogP contribution in [0.25, 0.3) is 0 Å². The Balaban J connectivity index is 1.60. The molecule has 0 saturated heterocycles. The van der Waals surface area contributed by atoms with Crippen LogP contribution < -0.4 is 14.8 Å². The molecular weight excluding hydrogens is 528 g/mol. The van der Waals surface area contributed by atoms with E-state index in [-0.39, 0.29) is 16.3 Å². The van der Waals surface area contributed by atoms with Crippen LogP contribution in [-0.2, 0) is 21.2 Å². The summed E-state index contributed by atoms with van der Waals surface area (Å²) < 4.78 is 34.2. The number of carbonyl (C=O) groups is 1. The first kappa shape index (κ1) is 26.8. The molecule has 37 heavy (non-hydrogen) atoms. The Labute approximate surface area is 226 Å². The van der Waals surface area contributed by atoms with Gasteiger partial charge in [0.2, 0.25) is 15.9 Å². The maximum atomic E-state index is 13.5. The summed E-state index contributed by atoms with van der Waals surface area (Å²) in [5, 5.41) is 3.08. The minimum absolute atomic E-state index is 0.0656. The van der Waals surface area contributed by atoms with Gasteiger partial charge in [0.15, 0.2) is 0 Å². The van der Waals surface area contributed by atoms with Gasteiger partial charge >= 0.3 is 0 Å². The molecular formula is C28H25ClN2O4S2. The highest BCUT2D eigenvalue weighted by Gasteiger charge is 2.27. The third-order valence-electron chi connectivity index (χ3n) is 5.45. The van der Waals surface area contributed by atoms with Crippen LogP contribution in [0.2, 0.25) is 5.02 Å². The van der Waals surface area contributed by atoms with E-state index in [9.17, 15) is 13.2 Å². The van der Waals surface area contributed by atoms with Gasteiger partial charge < -0.3 is 10.1 Å². The summed E-state index contributed by atoms with van der Waals surface area (Å²) in [7, 11) is -2.63. The summed E-state index contributed by atoms with van der Waals surface area (Å²) in [5.74, 6) is -0.125. The molecule has 0 fully saturated rings. The molecule has 6 nitrogen and oxygen atoms in total. The summed E-state index contributed by atoms with van der Waals surface area (Å²) in [5.41, 5.74) is 1.40. The van der Waals surface area contributed by atoms with Crippen LogP contribution in [0.1, 0.15) is 5.56 Å². The molecule has 190 valence electrons. The van der Waals surface area contributed by atoms with Gasteiger partial charge in [-0.25, -0.2) is 8.42 Å². The molecule has 0 bridgehead atoms. The first-order chi connectivity index (χ1) is 17.9. The highest BCUT2D eigenvalue weighted by Crippen LogP contribution is 2.33. The molecule has 4 aromatic rings. The molecule has 0 heterocycles. The molecule has 0 aliphatic carbocycles. The van der Waals surface area contributed by atoms with E-state index in [4.69, 9.17) is 16.3 Å². The van der Waals surface area contributed by atoms with Crippen LogP contribution in [0.3, 0.4) is 0 Å². The second-order valence-corrected chi connectivity index (χ2v) is 11.3. The summed E-state index contributed by atoms with van der Waals surface area (Å²) in [6.45, 7) is 0. The van der Waals surface area contributed by atoms with E-state index in [1.165, 1.54) is 37.1 Å². The maximum Gasteiger partial charge on any atom is 0.242 e. The number of carbonyl (C=O) groups excluding carboxylic acids is 1. The zero-order valence-electron chi connectivity index (χ0n) is 19.9. The second kappa shape index (κ2) is 12.3. The number of anilines is 1. The van der Waals surface area contributed by atoms with Crippen molar-refractivity contribution in [1.29, 1.82) is 0 Å². The lowest BCUT2D eigenvalue weighted by Gasteiger charge is -2.20. The lowest BCUT2D eigenvalue weighted by atomic mass is 10.1. The predicted molar refractivity (Wildman–Crippen MR) is 148 cm³/mol. The van der Waals surface area contributed by atoms with Crippen molar-refractivity contribution in [2.24, 2.45) is 0 Å². The van der Waals surface area contributed by atoms with Crippen molar-refractivity contribution in [2.75, 3.05) is 12.4 Å². The lowest BCUT2D eigenvalue weighted by Crippen LogP contribution is -2.45. The SMILES string of the molecule is COc1ccc(S(=O)(=O)NC(Cc2ccccc2)C(=O)Nc2ccccc2Sc2ccccc2)cc1Cl. The summed E-state index contributed by atoms with van der Waals surface area (Å²) in [6, 6.07) is 29.5. The van der Waals surface area contributed by atoms with Gasteiger partial charge in [-0.1, -0.05) is 84.0 Å². The van der Waals surface area contributed by atoms with Gasteiger partial charge in [0, 0.05) is 9.79 Å². The summed E-state index contributed by atoms with van der Waals surface area (Å²) in [4.78, 5) is 15.3. The van der Waals surface area contributed by atoms with Gasteiger partial charge in [0.05, 0.1) is 22.7 Å². The standard InChI is InChI=1S/C28H25ClN2O4S2/c1-35-26-17-16-22(19-23(26)29)37(33,34)31-25(18-20-10-4-2-5-11-20)28(32)30-24-14-8-9-15-27(24)36-21-12-6-3-7-13-21/h2-17,19,25,31H,18H2,1H3,(H,30,32). The van der Waals surface area contributed by atoms with Gasteiger partial charge in [0.25, 0.3) is 0 Å². The van der Waals surface area contributed by atoms with E-state index in [0.29, 0.717) is 11.4 Å². The lowest BCUT2D eigenvalue weighted by molar-refractivity contribution is -0.117. The Hall–Kier alpha value is -3.30. The van der Waals surface area contributed by atoms with Gasteiger partial charge in [-0.3, -0.25) is 4.79 Å². The van der Waals surface area contributed by atoms with Gasteiger partial charge in [-0.2, -0.15) is 4.72 Å². The molecule has 0 saturated carbocycles. The average Bonchev–Trinajstić information content (AvgIpc) is 2.90. The van der Waals surface area contributed by atoms with Crippen molar-refractivity contribution in [1.82, 2.24) is 4.72 Å². The Morgan fingerprint density at radius 1 is 0.919 bits per heavy atom. The van der Waals surface area contributed by atoms with Crippen molar-refractivity contribution in [3.05, 3.63) is 114 Å². The molecule has 0 radical (unpaired) electrons. The minimum atomic E-state index is -4.08. The fourth-order valence-electron chi connectivity index (χ4n) is 3.60. The van der Waals surface area contributed by atoms with Crippen LogP contribution >= 0.6 is 23.4 Å². The van der Waals surface area contributed by atoms with Crippen molar-refractivity contribution >= 4 is 45.0 Å². The Kier molecular flexibility index (Phi) is 8.89. The minimum Gasteiger partial charge on any atom is -0.495 e. The largest absolute Gasteiger partial charge is 0.495 e. The number of rotatable bonds is 10. The topological polar surface area (TPSA) is 84.5 Å². The molecule has 0 aliphatic rings. The second-order valence-electron chi connectivity index (χ2n) is 8.06. The summed E-state index contributed by atoms with van der Waals surface area (Å²) >= 11 is 7.66. The van der Waals surface area contributed by atoms with Crippen LogP contribution in [-0.4, -0.2) is 27.5 Å². The van der Waals surface area contributed by atoms with Crippen LogP contribution in [0.15, 0.2) is 118 Å². The number of methoxy groups -OCH3 is 1. The van der Waals surface area contributed by atoms with Gasteiger partial charge in [0.1, 0.15) is 11.8 Å². The normalized spacial score (nSPS) is 12.1. The highest BCUT2D eigenvalue weighted by atomic mass is 35.5. The molecule has 4 rings (SSSR count). The number of amides is 1. The first-order valence-corrected chi connectivity index (χ1v) is 14.1. The van der Waals surface area contributed by atoms with E-state index < -0.39 is 22.0 Å². The zero-order chi connectivity index (χ0) is 26.3. The molecule has 9 heteroatoms. The fraction of sp³-hybridized carbons (Fsp3) is 0.107. The summed E-state index contributed by atoms with van der Waals surface area (Å²) in [6.07, 6.45) is 0.157. The monoisotopic (exact) mass is 552 g/mol. The van der Waals surface area contributed by atoms with Crippen molar-refractivity contribution < 1.29 is 17.9 Å². The number of halogens is 1. The van der Waals surface area contributed by atoms with Gasteiger partial charge in [-0.05, 0) is 54.4 Å². The molecule has 1 unspecified atom stereocenters. The Morgan fingerprint density at radius 2 is 1.57 bits per heavy atom. The van der Waals surface area contributed by atoms with Crippen molar-refractivity contribution in [3.63, 3.8) is 0 Å². The Bertz CT molecular complexity index is 1470. The molecule has 0 aliphatic heterocycles. The average molecular weight is 553 g/mol. The Morgan fingerprint density at radius 3 is 2.24 bits per heavy atom. The number of benzene rings is 4. The van der Waals surface area contributed by atoms with E-state index in [1.54, 1.807) is 6.07 Å². The smallest absolute Gasteiger partial charge is 0.242 e. The molecule has 1 atom stereocenters. The van der Waals surface area contributed by atoms with Crippen LogP contribution in [0.4, 0.5) is 5.69 Å². The molecule has 4 aromatic carbocycles. The third-order valence-corrected chi connectivity index (χ3v) is 8.29. The maximum absolute atomic E-state index is 13.5. The number of sulfonamides is 1. The number of nitrogens with one attached hydrogen (secondary N) is 2. The van der Waals surface area contributed by atoms with Crippen LogP contribution in [0.5, 0.6) is 5.75 Å². The van der Waals surface area contributed by atoms with Crippen molar-refractivity contribution in [2.45, 2.75) is 27.1 Å². The van der Waals surface area contributed by atoms with Crippen LogP contribution in [0, 0.1) is 0 Å². The van der Waals surface area contributed by atoms with E-state index in [0.717, 1.165) is 15.4 Å². The molecule has 2 N–H and O–H groups in total. The zero-order valence-corrected chi connectivity index (χ0v) is 22.3. The predicted octanol–water partition coefficient (Wildman–Crippen LogP) is 6.03. The highest BCUT2D eigenvalue weighted by molar-refractivity contribution is 7.99. The molecule has 0 aromatic heterocycles. The number of ether oxygens (including phenoxy) is 1. The van der Waals surface area contributed by atoms with E-state index >= 15 is 0 Å². The third kappa shape index (κ3) is 7.14. The quantitative estimate of drug-likeness (QED) is 0.251. The number of hydrogen-bond acceptors (Lipinski definition) is 5. The van der Waals surface area contributed by atoms with E-state index in [2.05, 4.69) is 10.0 Å². The molecule has 0 spiro atoms. The van der Waals surface area contributed by atoms with E-state index in [1.807, 2.05) is 78.9 Å². The number of para-hydroxylation sites is 1.